The summed E-state index contributed by atoms with van der Waals surface area (Å²) in [6.45, 7) is 0. The van der Waals surface area contributed by atoms with Gasteiger partial charge in [0.05, 0.1) is 14.9 Å². The van der Waals surface area contributed by atoms with Gasteiger partial charge in [-0.2, -0.15) is 0 Å². The number of halogens is 2. The number of thiophene rings is 1. The molecule has 2 N–H and O–H groups in total. The van der Waals surface area contributed by atoms with Gasteiger partial charge in [0.1, 0.15) is 5.82 Å². The summed E-state index contributed by atoms with van der Waals surface area (Å²) >= 11 is 4.55. The van der Waals surface area contributed by atoms with Gasteiger partial charge in [0.25, 0.3) is 0 Å². The third-order valence-corrected chi connectivity index (χ3v) is 3.20. The zero-order chi connectivity index (χ0) is 8.72. The fraction of sp³-hybridized carbons (Fsp3) is 0. The van der Waals surface area contributed by atoms with E-state index in [9.17, 15) is 4.39 Å². The first-order chi connectivity index (χ1) is 5.70. The lowest BCUT2D eigenvalue weighted by Crippen LogP contribution is -1.87. The summed E-state index contributed by atoms with van der Waals surface area (Å²) in [6.07, 6.45) is 0. The van der Waals surface area contributed by atoms with E-state index in [2.05, 4.69) is 15.9 Å². The van der Waals surface area contributed by atoms with Crippen LogP contribution in [0.1, 0.15) is 0 Å². The Bertz CT molecular complexity index is 438. The molecule has 0 unspecified atom stereocenters. The van der Waals surface area contributed by atoms with Gasteiger partial charge in [-0.3, -0.25) is 0 Å². The van der Waals surface area contributed by atoms with Gasteiger partial charge < -0.3 is 5.73 Å². The molecule has 2 aromatic rings. The molecule has 4 heteroatoms. The Hall–Kier alpha value is -0.610. The van der Waals surface area contributed by atoms with Crippen molar-refractivity contribution in [2.45, 2.75) is 0 Å². The minimum Gasteiger partial charge on any atom is -0.398 e. The molecule has 1 aromatic carbocycles. The molecule has 1 nitrogen and oxygen atoms in total. The molecular formula is C8H5BrFNS. The molecule has 2 rings (SSSR count). The lowest BCUT2D eigenvalue weighted by Gasteiger charge is -1.99. The molecular weight excluding hydrogens is 241 g/mol. The predicted molar refractivity (Wildman–Crippen MR) is 53.9 cm³/mol. The fourth-order valence-corrected chi connectivity index (χ4v) is 2.38. The summed E-state index contributed by atoms with van der Waals surface area (Å²) in [6, 6.07) is 3.32. The fourth-order valence-electron chi connectivity index (χ4n) is 1.10. The zero-order valence-electron chi connectivity index (χ0n) is 5.97. The van der Waals surface area contributed by atoms with Crippen molar-refractivity contribution in [1.82, 2.24) is 0 Å². The van der Waals surface area contributed by atoms with Crippen molar-refractivity contribution in [2.24, 2.45) is 0 Å². The van der Waals surface area contributed by atoms with Crippen LogP contribution in [0, 0.1) is 5.82 Å². The van der Waals surface area contributed by atoms with Crippen LogP contribution in [0.15, 0.2) is 22.0 Å². The highest BCUT2D eigenvalue weighted by molar-refractivity contribution is 9.10. The van der Waals surface area contributed by atoms with Crippen LogP contribution in [0.3, 0.4) is 0 Å². The third-order valence-electron chi connectivity index (χ3n) is 1.66. The normalized spacial score (nSPS) is 10.8. The summed E-state index contributed by atoms with van der Waals surface area (Å²) in [5.74, 6) is -0.236. The monoisotopic (exact) mass is 245 g/mol. The number of nitrogens with two attached hydrogens (primary N) is 1. The molecule has 0 atom stereocenters. The van der Waals surface area contributed by atoms with Crippen molar-refractivity contribution in [3.63, 3.8) is 0 Å². The number of benzene rings is 1. The number of anilines is 1. The van der Waals surface area contributed by atoms with Crippen molar-refractivity contribution in [3.05, 3.63) is 27.8 Å². The van der Waals surface area contributed by atoms with Crippen molar-refractivity contribution in [2.75, 3.05) is 5.73 Å². The standard InChI is InChI=1S/C8H5BrFNS/c9-5-3-6(11)8-4(7(5)10)1-2-12-8/h1-3H,11H2. The lowest BCUT2D eigenvalue weighted by molar-refractivity contribution is 0.634. The maximum absolute atomic E-state index is 13.3. The summed E-state index contributed by atoms with van der Waals surface area (Å²) in [4.78, 5) is 0. The minimum absolute atomic E-state index is 0.236. The number of hydrogen-bond acceptors (Lipinski definition) is 2. The zero-order valence-corrected chi connectivity index (χ0v) is 8.38. The van der Waals surface area contributed by atoms with E-state index in [1.165, 1.54) is 11.3 Å². The number of hydrogen-bond donors (Lipinski definition) is 1. The molecule has 12 heavy (non-hydrogen) atoms. The number of rotatable bonds is 0. The summed E-state index contributed by atoms with van der Waals surface area (Å²) in [5.41, 5.74) is 6.30. The summed E-state index contributed by atoms with van der Waals surface area (Å²) in [7, 11) is 0. The molecule has 0 bridgehead atoms. The van der Waals surface area contributed by atoms with Crippen LogP contribution in [-0.4, -0.2) is 0 Å². The molecule has 0 aliphatic carbocycles. The molecule has 1 heterocycles. The number of nitrogen functional groups attached to an aromatic ring is 1. The SMILES string of the molecule is Nc1cc(Br)c(F)c2ccsc12. The highest BCUT2D eigenvalue weighted by atomic mass is 79.9. The van der Waals surface area contributed by atoms with Crippen LogP contribution < -0.4 is 5.73 Å². The third kappa shape index (κ3) is 1.03. The van der Waals surface area contributed by atoms with Crippen LogP contribution in [-0.2, 0) is 0 Å². The smallest absolute Gasteiger partial charge is 0.146 e. The van der Waals surface area contributed by atoms with Gasteiger partial charge >= 0.3 is 0 Å². The Labute approximate surface area is 81.1 Å². The van der Waals surface area contributed by atoms with Crippen LogP contribution in [0.2, 0.25) is 0 Å². The van der Waals surface area contributed by atoms with Crippen molar-refractivity contribution in [1.29, 1.82) is 0 Å². The number of fused-ring (bicyclic) bond motifs is 1. The van der Waals surface area contributed by atoms with Gasteiger partial charge in [0, 0.05) is 5.39 Å². The van der Waals surface area contributed by atoms with E-state index in [0.717, 1.165) is 4.70 Å². The average Bonchev–Trinajstić information content (AvgIpc) is 2.48. The molecule has 0 saturated carbocycles. The van der Waals surface area contributed by atoms with E-state index in [1.54, 1.807) is 12.1 Å². The quantitative estimate of drug-likeness (QED) is 0.708. The van der Waals surface area contributed by atoms with E-state index < -0.39 is 0 Å². The van der Waals surface area contributed by atoms with E-state index in [4.69, 9.17) is 5.73 Å². The minimum atomic E-state index is -0.236. The second-order valence-electron chi connectivity index (χ2n) is 2.42. The lowest BCUT2D eigenvalue weighted by atomic mass is 10.2. The van der Waals surface area contributed by atoms with Gasteiger partial charge in [-0.05, 0) is 33.4 Å². The molecule has 0 fully saturated rings. The van der Waals surface area contributed by atoms with E-state index in [1.807, 2.05) is 5.38 Å². The second kappa shape index (κ2) is 2.71. The van der Waals surface area contributed by atoms with Gasteiger partial charge in [-0.15, -0.1) is 11.3 Å². The van der Waals surface area contributed by atoms with Gasteiger partial charge in [-0.1, -0.05) is 0 Å². The molecule has 0 saturated heterocycles. The molecule has 0 amide bonds. The van der Waals surface area contributed by atoms with Crippen molar-refractivity contribution in [3.8, 4) is 0 Å². The average molecular weight is 246 g/mol. The van der Waals surface area contributed by atoms with E-state index in [-0.39, 0.29) is 5.82 Å². The topological polar surface area (TPSA) is 26.0 Å². The van der Waals surface area contributed by atoms with E-state index in [0.29, 0.717) is 15.5 Å². The first-order valence-electron chi connectivity index (χ1n) is 3.31. The largest absolute Gasteiger partial charge is 0.398 e. The Morgan fingerprint density at radius 3 is 3.00 bits per heavy atom. The predicted octanol–water partition coefficient (Wildman–Crippen LogP) is 3.39. The first kappa shape index (κ1) is 8.01. The van der Waals surface area contributed by atoms with Gasteiger partial charge in [0.2, 0.25) is 0 Å². The molecule has 0 aliphatic heterocycles. The van der Waals surface area contributed by atoms with E-state index >= 15 is 0 Å². The first-order valence-corrected chi connectivity index (χ1v) is 4.98. The molecule has 1 aromatic heterocycles. The van der Waals surface area contributed by atoms with Crippen LogP contribution >= 0.6 is 27.3 Å². The molecule has 0 radical (unpaired) electrons. The Balaban J connectivity index is 2.97. The Kier molecular flexibility index (Phi) is 1.81. The maximum atomic E-state index is 13.3. The van der Waals surface area contributed by atoms with Crippen LogP contribution in [0.4, 0.5) is 10.1 Å². The van der Waals surface area contributed by atoms with Crippen molar-refractivity contribution < 1.29 is 4.39 Å². The summed E-state index contributed by atoms with van der Waals surface area (Å²) in [5, 5.41) is 2.42. The van der Waals surface area contributed by atoms with Gasteiger partial charge in [0.15, 0.2) is 0 Å². The van der Waals surface area contributed by atoms with Crippen molar-refractivity contribution >= 4 is 43.0 Å². The molecule has 0 spiro atoms. The maximum Gasteiger partial charge on any atom is 0.146 e. The highest BCUT2D eigenvalue weighted by Gasteiger charge is 2.08. The van der Waals surface area contributed by atoms with Gasteiger partial charge in [-0.25, -0.2) is 4.39 Å². The Morgan fingerprint density at radius 1 is 1.50 bits per heavy atom. The highest BCUT2D eigenvalue weighted by Crippen LogP contribution is 2.33. The summed E-state index contributed by atoms with van der Waals surface area (Å²) < 4.78 is 14.6. The van der Waals surface area contributed by atoms with Crippen LogP contribution in [0.25, 0.3) is 10.1 Å². The van der Waals surface area contributed by atoms with Crippen LogP contribution in [0.5, 0.6) is 0 Å². The second-order valence-corrected chi connectivity index (χ2v) is 4.20. The Morgan fingerprint density at radius 2 is 2.25 bits per heavy atom. The molecule has 0 aliphatic rings. The molecule has 62 valence electrons.